The maximum absolute atomic E-state index is 12.0. The van der Waals surface area contributed by atoms with Gasteiger partial charge in [-0.3, -0.25) is 4.79 Å². The first-order valence-corrected chi connectivity index (χ1v) is 5.57. The van der Waals surface area contributed by atoms with Crippen molar-refractivity contribution in [1.29, 1.82) is 0 Å². The first-order chi connectivity index (χ1) is 6.79. The summed E-state index contributed by atoms with van der Waals surface area (Å²) in [5.74, 6) is -1.21. The van der Waals surface area contributed by atoms with E-state index in [9.17, 15) is 9.59 Å². The van der Waals surface area contributed by atoms with E-state index < -0.39 is 22.8 Å². The van der Waals surface area contributed by atoms with Crippen molar-refractivity contribution < 1.29 is 14.3 Å². The second kappa shape index (κ2) is 4.19. The van der Waals surface area contributed by atoms with Crippen molar-refractivity contribution >= 4 is 11.8 Å². The van der Waals surface area contributed by atoms with Crippen molar-refractivity contribution in [3.05, 3.63) is 0 Å². The minimum atomic E-state index is -0.743. The number of Topliss-reactive ketones (excluding diaryl/α,β-unsaturated/α-hetero) is 1. The van der Waals surface area contributed by atoms with Gasteiger partial charge < -0.3 is 4.74 Å². The van der Waals surface area contributed by atoms with Crippen LogP contribution in [0.4, 0.5) is 0 Å². The van der Waals surface area contributed by atoms with Gasteiger partial charge in [-0.05, 0) is 26.2 Å². The highest BCUT2D eigenvalue weighted by Gasteiger charge is 2.44. The Hall–Kier alpha value is -0.860. The molecule has 0 saturated heterocycles. The highest BCUT2D eigenvalue weighted by molar-refractivity contribution is 6.35. The Morgan fingerprint density at radius 1 is 0.812 bits per heavy atom. The minimum absolute atomic E-state index is 0.277. The van der Waals surface area contributed by atoms with Gasteiger partial charge in [0.05, 0.1) is 0 Å². The molecule has 0 aliphatic heterocycles. The van der Waals surface area contributed by atoms with Crippen LogP contribution < -0.4 is 0 Å². The first-order valence-electron chi connectivity index (χ1n) is 5.57. The van der Waals surface area contributed by atoms with Crippen LogP contribution in [0.25, 0.3) is 0 Å². The average molecular weight is 228 g/mol. The van der Waals surface area contributed by atoms with Crippen LogP contribution >= 0.6 is 0 Å². The largest absolute Gasteiger partial charge is 0.454 e. The molecule has 0 heterocycles. The van der Waals surface area contributed by atoms with Gasteiger partial charge in [0, 0.05) is 5.41 Å². The van der Waals surface area contributed by atoms with Crippen molar-refractivity contribution in [2.75, 3.05) is 0 Å². The Labute approximate surface area is 98.6 Å². The molecule has 0 bridgehead atoms. The monoisotopic (exact) mass is 228 g/mol. The van der Waals surface area contributed by atoms with Gasteiger partial charge in [0.1, 0.15) is 5.60 Å². The molecule has 0 aromatic heterocycles. The van der Waals surface area contributed by atoms with E-state index in [0.29, 0.717) is 0 Å². The molecular formula is C13H24O3. The minimum Gasteiger partial charge on any atom is -0.454 e. The summed E-state index contributed by atoms with van der Waals surface area (Å²) in [7, 11) is 0. The van der Waals surface area contributed by atoms with E-state index >= 15 is 0 Å². The van der Waals surface area contributed by atoms with E-state index in [1.54, 1.807) is 34.6 Å². The Kier molecular flexibility index (Phi) is 3.96. The topological polar surface area (TPSA) is 43.4 Å². The maximum Gasteiger partial charge on any atom is 0.375 e. The van der Waals surface area contributed by atoms with Crippen LogP contribution in [-0.4, -0.2) is 17.4 Å². The van der Waals surface area contributed by atoms with E-state index in [-0.39, 0.29) is 5.41 Å². The molecule has 0 aliphatic carbocycles. The molecule has 0 atom stereocenters. The summed E-state index contributed by atoms with van der Waals surface area (Å²) in [4.78, 5) is 23.7. The van der Waals surface area contributed by atoms with Gasteiger partial charge in [0.25, 0.3) is 0 Å². The molecule has 0 amide bonds. The van der Waals surface area contributed by atoms with E-state index in [0.717, 1.165) is 0 Å². The molecule has 0 aromatic carbocycles. The van der Waals surface area contributed by atoms with Crippen LogP contribution in [0.2, 0.25) is 0 Å². The molecule has 0 N–H and O–H groups in total. The fourth-order valence-electron chi connectivity index (χ4n) is 0.920. The zero-order chi connectivity index (χ0) is 13.4. The number of ether oxygens (including phenoxy) is 1. The van der Waals surface area contributed by atoms with Gasteiger partial charge in [-0.2, -0.15) is 0 Å². The molecule has 3 nitrogen and oxygen atoms in total. The molecule has 0 aliphatic rings. The van der Waals surface area contributed by atoms with Crippen molar-refractivity contribution in [2.45, 2.75) is 61.0 Å². The normalized spacial score (nSPS) is 13.5. The zero-order valence-corrected chi connectivity index (χ0v) is 11.7. The standard InChI is InChI=1S/C13H24O3/c1-11(2,3)13(7,8)9(14)10(15)16-12(4,5)6/h1-8H3. The predicted molar refractivity (Wildman–Crippen MR) is 64.1 cm³/mol. The number of hydrogen-bond acceptors (Lipinski definition) is 3. The van der Waals surface area contributed by atoms with Crippen molar-refractivity contribution in [3.63, 3.8) is 0 Å². The zero-order valence-electron chi connectivity index (χ0n) is 11.7. The molecule has 94 valence electrons. The molecule has 0 aromatic rings. The Morgan fingerprint density at radius 3 is 1.44 bits per heavy atom. The number of ketones is 1. The molecule has 0 radical (unpaired) electrons. The van der Waals surface area contributed by atoms with Crippen molar-refractivity contribution in [1.82, 2.24) is 0 Å². The summed E-state index contributed by atoms with van der Waals surface area (Å²) >= 11 is 0. The Morgan fingerprint density at radius 2 is 1.19 bits per heavy atom. The van der Waals surface area contributed by atoms with Crippen LogP contribution in [0.1, 0.15) is 55.4 Å². The molecule has 0 unspecified atom stereocenters. The molecule has 0 rings (SSSR count). The summed E-state index contributed by atoms with van der Waals surface area (Å²) in [6.07, 6.45) is 0. The van der Waals surface area contributed by atoms with Crippen LogP contribution in [0.3, 0.4) is 0 Å². The van der Waals surface area contributed by atoms with Gasteiger partial charge in [0.15, 0.2) is 0 Å². The van der Waals surface area contributed by atoms with E-state index in [1.807, 2.05) is 20.8 Å². The summed E-state index contributed by atoms with van der Waals surface area (Å²) in [6.45, 7) is 14.6. The molecule has 0 spiro atoms. The van der Waals surface area contributed by atoms with E-state index in [2.05, 4.69) is 0 Å². The number of esters is 1. The third kappa shape index (κ3) is 3.62. The van der Waals surface area contributed by atoms with Crippen LogP contribution in [0.15, 0.2) is 0 Å². The van der Waals surface area contributed by atoms with Crippen LogP contribution in [0.5, 0.6) is 0 Å². The van der Waals surface area contributed by atoms with Gasteiger partial charge in [-0.15, -0.1) is 0 Å². The van der Waals surface area contributed by atoms with Gasteiger partial charge in [-0.1, -0.05) is 34.6 Å². The highest BCUT2D eigenvalue weighted by atomic mass is 16.6. The van der Waals surface area contributed by atoms with E-state index in [4.69, 9.17) is 4.74 Å². The molecule has 0 saturated carbocycles. The number of rotatable bonds is 2. The third-order valence-corrected chi connectivity index (χ3v) is 3.03. The lowest BCUT2D eigenvalue weighted by Gasteiger charge is -2.36. The summed E-state index contributed by atoms with van der Waals surface area (Å²) in [5, 5.41) is 0. The van der Waals surface area contributed by atoms with E-state index in [1.165, 1.54) is 0 Å². The van der Waals surface area contributed by atoms with Crippen molar-refractivity contribution in [2.24, 2.45) is 10.8 Å². The number of hydrogen-bond donors (Lipinski definition) is 0. The van der Waals surface area contributed by atoms with Crippen LogP contribution in [-0.2, 0) is 14.3 Å². The molecule has 3 heteroatoms. The maximum atomic E-state index is 12.0. The summed E-state index contributed by atoms with van der Waals surface area (Å²) in [6, 6.07) is 0. The summed E-state index contributed by atoms with van der Waals surface area (Å²) in [5.41, 5.74) is -1.63. The molecular weight excluding hydrogens is 204 g/mol. The first kappa shape index (κ1) is 15.1. The number of carbonyl (C=O) groups excluding carboxylic acids is 2. The smallest absolute Gasteiger partial charge is 0.375 e. The third-order valence-electron chi connectivity index (χ3n) is 3.03. The lowest BCUT2D eigenvalue weighted by atomic mass is 9.67. The number of carbonyl (C=O) groups is 2. The molecule has 16 heavy (non-hydrogen) atoms. The Bertz CT molecular complexity index is 287. The fourth-order valence-corrected chi connectivity index (χ4v) is 0.920. The highest BCUT2D eigenvalue weighted by Crippen LogP contribution is 2.39. The second-order valence-corrected chi connectivity index (χ2v) is 6.71. The second-order valence-electron chi connectivity index (χ2n) is 6.71. The average Bonchev–Trinajstić information content (AvgIpc) is 1.97. The molecule has 0 fully saturated rings. The van der Waals surface area contributed by atoms with Crippen LogP contribution in [0, 0.1) is 10.8 Å². The van der Waals surface area contributed by atoms with Crippen molar-refractivity contribution in [3.8, 4) is 0 Å². The SMILES string of the molecule is CC(C)(C)OC(=O)C(=O)C(C)(C)C(C)(C)C. The van der Waals surface area contributed by atoms with Gasteiger partial charge in [0.2, 0.25) is 5.78 Å². The van der Waals surface area contributed by atoms with Gasteiger partial charge in [-0.25, -0.2) is 4.79 Å². The fraction of sp³-hybridized carbons (Fsp3) is 0.846. The van der Waals surface area contributed by atoms with Gasteiger partial charge >= 0.3 is 5.97 Å². The summed E-state index contributed by atoms with van der Waals surface area (Å²) < 4.78 is 5.09. The Balaban J connectivity index is 4.89. The lowest BCUT2D eigenvalue weighted by Crippen LogP contribution is -2.44. The predicted octanol–water partition coefficient (Wildman–Crippen LogP) is 2.97. The lowest BCUT2D eigenvalue weighted by molar-refractivity contribution is -0.168. The quantitative estimate of drug-likeness (QED) is 0.539.